The zero-order valence-corrected chi connectivity index (χ0v) is 12.4. The smallest absolute Gasteiger partial charge is 0.430 e. The fourth-order valence-corrected chi connectivity index (χ4v) is 3.66. The summed E-state index contributed by atoms with van der Waals surface area (Å²) in [5.74, 6) is 0. The van der Waals surface area contributed by atoms with Crippen LogP contribution in [0, 0.1) is 0 Å². The molecule has 1 unspecified atom stereocenters. The van der Waals surface area contributed by atoms with Gasteiger partial charge >= 0.3 is 6.09 Å². The fraction of sp³-hybridized carbons (Fsp3) is 0.750. The number of unbranched alkanes of at least 4 members (excludes halogenated alkanes) is 1. The Balaban J connectivity index is 4.52. The highest BCUT2D eigenvalue weighted by atomic mass is 28.4. The second-order valence-corrected chi connectivity index (χ2v) is 9.14. The van der Waals surface area contributed by atoms with Crippen molar-refractivity contribution in [3.8, 4) is 0 Å². The van der Waals surface area contributed by atoms with E-state index in [1.807, 2.05) is 6.92 Å². The number of hydroxylamine groups is 2. The first-order valence-corrected chi connectivity index (χ1v) is 9.27. The van der Waals surface area contributed by atoms with E-state index in [0.717, 1.165) is 23.9 Å². The third kappa shape index (κ3) is 6.48. The number of hydrogen-bond acceptors (Lipinski definition) is 2. The van der Waals surface area contributed by atoms with Crippen LogP contribution in [0.25, 0.3) is 0 Å². The fourth-order valence-electron chi connectivity index (χ4n) is 1.57. The van der Waals surface area contributed by atoms with Gasteiger partial charge in [0.1, 0.15) is 0 Å². The van der Waals surface area contributed by atoms with Crippen LogP contribution >= 0.6 is 0 Å². The maximum absolute atomic E-state index is 11.2. The number of nitrogens with zero attached hydrogens (tertiary/aromatic N) is 1. The molecule has 100 valence electrons. The molecular weight excluding hydrogens is 234 g/mol. The lowest BCUT2D eigenvalue weighted by Gasteiger charge is -2.33. The lowest BCUT2D eigenvalue weighted by atomic mass is 10.2. The Morgan fingerprint density at radius 2 is 2.18 bits per heavy atom. The normalized spacial score (nSPS) is 13.2. The van der Waals surface area contributed by atoms with Crippen LogP contribution in [0.2, 0.25) is 19.1 Å². The Hall–Kier alpha value is -0.813. The molecule has 5 heteroatoms. The van der Waals surface area contributed by atoms with Gasteiger partial charge in [-0.2, -0.15) is 5.06 Å². The van der Waals surface area contributed by atoms with Gasteiger partial charge in [0.05, 0.1) is 6.04 Å². The number of rotatable bonds is 8. The van der Waals surface area contributed by atoms with E-state index in [0.29, 0.717) is 6.42 Å². The highest BCUT2D eigenvalue weighted by Gasteiger charge is 2.30. The van der Waals surface area contributed by atoms with Gasteiger partial charge in [-0.3, -0.25) is 0 Å². The first-order chi connectivity index (χ1) is 7.84. The van der Waals surface area contributed by atoms with Gasteiger partial charge in [0.25, 0.3) is 0 Å². The van der Waals surface area contributed by atoms with Crippen molar-refractivity contribution in [2.24, 2.45) is 0 Å². The first kappa shape index (κ1) is 16.2. The zero-order chi connectivity index (χ0) is 13.5. The average Bonchev–Trinajstić information content (AvgIpc) is 2.23. The van der Waals surface area contributed by atoms with Crippen LogP contribution in [-0.4, -0.2) is 30.6 Å². The van der Waals surface area contributed by atoms with Crippen molar-refractivity contribution in [3.05, 3.63) is 12.7 Å². The van der Waals surface area contributed by atoms with Crippen molar-refractivity contribution in [1.29, 1.82) is 0 Å². The van der Waals surface area contributed by atoms with E-state index in [1.54, 1.807) is 6.08 Å². The molecule has 0 bridgehead atoms. The molecule has 0 saturated heterocycles. The molecule has 0 aliphatic carbocycles. The summed E-state index contributed by atoms with van der Waals surface area (Å²) >= 11 is 0. The van der Waals surface area contributed by atoms with E-state index >= 15 is 0 Å². The lowest BCUT2D eigenvalue weighted by Crippen LogP contribution is -2.46. The Labute approximate surface area is 105 Å². The summed E-state index contributed by atoms with van der Waals surface area (Å²) < 4.78 is 5.74. The molecule has 0 aromatic heterocycles. The number of carbonyl (C=O) groups is 1. The summed E-state index contributed by atoms with van der Waals surface area (Å²) in [6.45, 7) is 11.7. The minimum absolute atomic E-state index is 0.182. The molecule has 0 aromatic rings. The second-order valence-electron chi connectivity index (χ2n) is 4.94. The van der Waals surface area contributed by atoms with Gasteiger partial charge < -0.3 is 9.63 Å². The predicted molar refractivity (Wildman–Crippen MR) is 72.4 cm³/mol. The van der Waals surface area contributed by atoms with Crippen LogP contribution in [0.15, 0.2) is 12.7 Å². The summed E-state index contributed by atoms with van der Waals surface area (Å²) in [4.78, 5) is 11.2. The molecule has 0 aliphatic heterocycles. The van der Waals surface area contributed by atoms with Gasteiger partial charge in [0, 0.05) is 0 Å². The van der Waals surface area contributed by atoms with Crippen LogP contribution in [0.4, 0.5) is 4.79 Å². The van der Waals surface area contributed by atoms with Crippen LogP contribution in [0.5, 0.6) is 0 Å². The molecule has 0 fully saturated rings. The SMILES string of the molecule is C=CCC(C)N(O[Si](C)(C)CCCC)C(=O)O. The zero-order valence-electron chi connectivity index (χ0n) is 11.4. The quantitative estimate of drug-likeness (QED) is 0.409. The van der Waals surface area contributed by atoms with Gasteiger partial charge in [-0.1, -0.05) is 25.8 Å². The minimum Gasteiger partial charge on any atom is -0.463 e. The molecule has 0 aliphatic rings. The van der Waals surface area contributed by atoms with Crippen LogP contribution in [0.3, 0.4) is 0 Å². The van der Waals surface area contributed by atoms with Gasteiger partial charge in [-0.25, -0.2) is 4.79 Å². The third-order valence-corrected chi connectivity index (χ3v) is 4.82. The van der Waals surface area contributed by atoms with E-state index < -0.39 is 14.4 Å². The topological polar surface area (TPSA) is 49.8 Å². The number of carboxylic acid groups (broad SMARTS) is 1. The molecular formula is C12H25NO3Si. The molecule has 1 amide bonds. The summed E-state index contributed by atoms with van der Waals surface area (Å²) in [6, 6.07) is 0.798. The monoisotopic (exact) mass is 259 g/mol. The Morgan fingerprint density at radius 1 is 1.59 bits per heavy atom. The third-order valence-electron chi connectivity index (χ3n) is 2.57. The van der Waals surface area contributed by atoms with Crippen LogP contribution in [-0.2, 0) is 4.53 Å². The molecule has 4 nitrogen and oxygen atoms in total. The van der Waals surface area contributed by atoms with Crippen molar-refractivity contribution in [2.45, 2.75) is 58.3 Å². The first-order valence-electron chi connectivity index (χ1n) is 6.16. The maximum Gasteiger partial charge on any atom is 0.430 e. The highest BCUT2D eigenvalue weighted by Crippen LogP contribution is 2.19. The molecule has 1 N–H and O–H groups in total. The molecule has 0 radical (unpaired) electrons. The summed E-state index contributed by atoms with van der Waals surface area (Å²) in [6.07, 6.45) is 3.49. The molecule has 0 heterocycles. The molecule has 0 aromatic carbocycles. The van der Waals surface area contributed by atoms with Gasteiger partial charge in [0.15, 0.2) is 0 Å². The van der Waals surface area contributed by atoms with Gasteiger partial charge in [0.2, 0.25) is 8.32 Å². The van der Waals surface area contributed by atoms with Gasteiger partial charge in [-0.05, 0) is 32.5 Å². The molecule has 1 atom stereocenters. The molecule has 0 rings (SSSR count). The summed E-state index contributed by atoms with van der Waals surface area (Å²) in [5, 5.41) is 10.2. The van der Waals surface area contributed by atoms with Gasteiger partial charge in [-0.15, -0.1) is 6.58 Å². The van der Waals surface area contributed by atoms with Crippen LogP contribution in [0.1, 0.15) is 33.1 Å². The van der Waals surface area contributed by atoms with Crippen LogP contribution < -0.4 is 0 Å². The highest BCUT2D eigenvalue weighted by molar-refractivity contribution is 6.71. The Morgan fingerprint density at radius 3 is 2.59 bits per heavy atom. The summed E-state index contributed by atoms with van der Waals surface area (Å²) in [7, 11) is -1.93. The number of hydrogen-bond donors (Lipinski definition) is 1. The van der Waals surface area contributed by atoms with Crippen molar-refractivity contribution >= 4 is 14.4 Å². The minimum atomic E-state index is -1.93. The van der Waals surface area contributed by atoms with E-state index in [4.69, 9.17) is 9.63 Å². The molecule has 17 heavy (non-hydrogen) atoms. The van der Waals surface area contributed by atoms with E-state index in [9.17, 15) is 4.79 Å². The largest absolute Gasteiger partial charge is 0.463 e. The van der Waals surface area contributed by atoms with Crippen molar-refractivity contribution in [1.82, 2.24) is 5.06 Å². The Kier molecular flexibility index (Phi) is 7.14. The summed E-state index contributed by atoms with van der Waals surface area (Å²) in [5.41, 5.74) is 0. The maximum atomic E-state index is 11.2. The predicted octanol–water partition coefficient (Wildman–Crippen LogP) is 3.87. The standard InChI is InChI=1S/C12H25NO3Si/c1-6-8-10-17(4,5)16-13(12(14)15)11(3)9-7-2/h7,11H,2,6,8-10H2,1,3-5H3,(H,14,15). The van der Waals surface area contributed by atoms with Crippen molar-refractivity contribution in [3.63, 3.8) is 0 Å². The Bertz CT molecular complexity index is 256. The lowest BCUT2D eigenvalue weighted by molar-refractivity contribution is -0.0722. The van der Waals surface area contributed by atoms with Crippen molar-refractivity contribution < 1.29 is 14.4 Å². The molecule has 0 saturated carbocycles. The second kappa shape index (κ2) is 7.50. The average molecular weight is 259 g/mol. The molecule has 0 spiro atoms. The van der Waals surface area contributed by atoms with Crippen molar-refractivity contribution in [2.75, 3.05) is 0 Å². The van der Waals surface area contributed by atoms with E-state index in [-0.39, 0.29) is 6.04 Å². The number of amides is 1. The van der Waals surface area contributed by atoms with E-state index in [2.05, 4.69) is 26.6 Å². The van der Waals surface area contributed by atoms with E-state index in [1.165, 1.54) is 0 Å².